The number of aromatic nitrogens is 3. The molecule has 5 heterocycles. The Morgan fingerprint density at radius 3 is 2.53 bits per heavy atom. The molecule has 0 aliphatic carbocycles. The molecule has 36 heavy (non-hydrogen) atoms. The van der Waals surface area contributed by atoms with Crippen molar-refractivity contribution in [3.05, 3.63) is 53.9 Å². The van der Waals surface area contributed by atoms with E-state index in [1.807, 2.05) is 12.4 Å². The van der Waals surface area contributed by atoms with Gasteiger partial charge in [0.25, 0.3) is 0 Å². The summed E-state index contributed by atoms with van der Waals surface area (Å²) in [5.41, 5.74) is 7.63. The van der Waals surface area contributed by atoms with E-state index in [1.165, 1.54) is 97.1 Å². The lowest BCUT2D eigenvalue weighted by atomic mass is 9.87. The van der Waals surface area contributed by atoms with Gasteiger partial charge in [-0.25, -0.2) is 4.98 Å². The van der Waals surface area contributed by atoms with E-state index in [1.54, 1.807) is 0 Å². The van der Waals surface area contributed by atoms with Gasteiger partial charge in [-0.2, -0.15) is 0 Å². The molecular weight excluding hydrogens is 442 g/mol. The number of hydrogen-bond donors (Lipinski definition) is 2. The van der Waals surface area contributed by atoms with Crippen molar-refractivity contribution < 1.29 is 0 Å². The summed E-state index contributed by atoms with van der Waals surface area (Å²) in [5.74, 6) is 1.45. The van der Waals surface area contributed by atoms with Crippen LogP contribution in [0, 0.1) is 5.92 Å². The van der Waals surface area contributed by atoms with E-state index in [4.69, 9.17) is 0 Å². The van der Waals surface area contributed by atoms with Gasteiger partial charge < -0.3 is 19.8 Å². The van der Waals surface area contributed by atoms with Crippen LogP contribution in [0.25, 0.3) is 33.2 Å². The quantitative estimate of drug-likeness (QED) is 0.326. The third kappa shape index (κ3) is 4.48. The molecule has 0 atom stereocenters. The molecule has 3 aromatic heterocycles. The lowest BCUT2D eigenvalue weighted by Crippen LogP contribution is -2.48. The third-order valence-electron chi connectivity index (χ3n) is 8.71. The van der Waals surface area contributed by atoms with E-state index in [0.29, 0.717) is 5.92 Å². The number of nitrogens with one attached hydrogen (secondary N) is 2. The second-order valence-electron chi connectivity index (χ2n) is 11.5. The number of piperidine rings is 2. The Morgan fingerprint density at radius 2 is 1.78 bits per heavy atom. The lowest BCUT2D eigenvalue weighted by molar-refractivity contribution is 0.0828. The summed E-state index contributed by atoms with van der Waals surface area (Å²) >= 11 is 0. The Bertz CT molecular complexity index is 1320. The van der Waals surface area contributed by atoms with Gasteiger partial charge in [0, 0.05) is 46.8 Å². The minimum atomic E-state index is 0.673. The minimum absolute atomic E-state index is 0.673. The molecule has 1 aromatic carbocycles. The molecule has 0 unspecified atom stereocenters. The normalized spacial score (nSPS) is 19.2. The summed E-state index contributed by atoms with van der Waals surface area (Å²) < 4.78 is 0. The Labute approximate surface area is 215 Å². The number of H-pyrrole nitrogens is 2. The maximum atomic E-state index is 4.49. The summed E-state index contributed by atoms with van der Waals surface area (Å²) in [7, 11) is 0. The largest absolute Gasteiger partial charge is 0.354 e. The molecule has 0 saturated carbocycles. The first-order valence-electron chi connectivity index (χ1n) is 14.1. The smallest absolute Gasteiger partial charge is 0.137 e. The number of nitrogens with zero attached hydrogens (tertiary/aromatic N) is 3. The number of aryl methyl sites for hydroxylation is 1. The van der Waals surface area contributed by atoms with Crippen LogP contribution >= 0.6 is 0 Å². The van der Waals surface area contributed by atoms with Gasteiger partial charge in [0.05, 0.1) is 5.69 Å². The molecule has 6 rings (SSSR count). The first-order chi connectivity index (χ1) is 17.6. The molecule has 2 saturated heterocycles. The predicted molar refractivity (Wildman–Crippen MR) is 151 cm³/mol. The molecule has 5 heteroatoms. The van der Waals surface area contributed by atoms with Gasteiger partial charge >= 0.3 is 0 Å². The fourth-order valence-electron chi connectivity index (χ4n) is 6.88. The van der Waals surface area contributed by atoms with Crippen molar-refractivity contribution in [2.75, 3.05) is 32.7 Å². The summed E-state index contributed by atoms with van der Waals surface area (Å²) in [6, 6.07) is 12.3. The van der Waals surface area contributed by atoms with Crippen LogP contribution < -0.4 is 0 Å². The van der Waals surface area contributed by atoms with Gasteiger partial charge in [-0.15, -0.1) is 0 Å². The van der Waals surface area contributed by atoms with E-state index in [2.05, 4.69) is 75.9 Å². The minimum Gasteiger partial charge on any atom is -0.354 e. The summed E-state index contributed by atoms with van der Waals surface area (Å²) in [4.78, 5) is 17.0. The Hall–Kier alpha value is -2.63. The van der Waals surface area contributed by atoms with Gasteiger partial charge in [0.2, 0.25) is 0 Å². The van der Waals surface area contributed by atoms with Crippen LogP contribution in [-0.2, 0) is 6.42 Å². The van der Waals surface area contributed by atoms with Crippen LogP contribution in [-0.4, -0.2) is 63.5 Å². The molecule has 190 valence electrons. The molecule has 0 bridgehead atoms. The van der Waals surface area contributed by atoms with Crippen molar-refractivity contribution in [2.24, 2.45) is 5.92 Å². The summed E-state index contributed by atoms with van der Waals surface area (Å²) in [6.45, 7) is 13.3. The highest BCUT2D eigenvalue weighted by molar-refractivity contribution is 5.98. The maximum Gasteiger partial charge on any atom is 0.137 e. The van der Waals surface area contributed by atoms with E-state index < -0.39 is 0 Å². The number of likely N-dealkylation sites (tertiary alicyclic amines) is 2. The molecule has 4 aromatic rings. The van der Waals surface area contributed by atoms with Gasteiger partial charge in [-0.05, 0) is 106 Å². The molecule has 5 nitrogen and oxygen atoms in total. The molecule has 0 spiro atoms. The number of aromatic amines is 2. The SMILES string of the molecule is CCc1c(-c2ccnc3[nH]ccc23)[nH]c2ccc(C3CCN(C4CCN(CC(C)C)CC4)CC3)cc12. The third-order valence-corrected chi connectivity index (χ3v) is 8.71. The summed E-state index contributed by atoms with van der Waals surface area (Å²) in [5, 5.41) is 2.58. The fraction of sp³-hybridized carbons (Fsp3) is 0.516. The van der Waals surface area contributed by atoms with E-state index in [0.717, 1.165) is 24.0 Å². The number of fused-ring (bicyclic) bond motifs is 2. The zero-order valence-electron chi connectivity index (χ0n) is 22.2. The summed E-state index contributed by atoms with van der Waals surface area (Å²) in [6.07, 6.45) is 10.2. The monoisotopic (exact) mass is 483 g/mol. The molecular formula is C31H41N5. The Kier molecular flexibility index (Phi) is 6.61. The first-order valence-corrected chi connectivity index (χ1v) is 14.1. The van der Waals surface area contributed by atoms with Crippen LogP contribution in [0.5, 0.6) is 0 Å². The maximum absolute atomic E-state index is 4.49. The second kappa shape index (κ2) is 10.0. The van der Waals surface area contributed by atoms with E-state index in [9.17, 15) is 0 Å². The topological polar surface area (TPSA) is 51.0 Å². The van der Waals surface area contributed by atoms with Gasteiger partial charge in [0.1, 0.15) is 5.65 Å². The van der Waals surface area contributed by atoms with Crippen molar-refractivity contribution in [3.8, 4) is 11.3 Å². The molecule has 0 amide bonds. The molecule has 2 N–H and O–H groups in total. The van der Waals surface area contributed by atoms with Crippen molar-refractivity contribution in [1.29, 1.82) is 0 Å². The molecule has 2 aliphatic rings. The second-order valence-corrected chi connectivity index (χ2v) is 11.5. The zero-order valence-corrected chi connectivity index (χ0v) is 22.2. The van der Waals surface area contributed by atoms with Crippen LogP contribution in [0.1, 0.15) is 63.5 Å². The molecule has 2 fully saturated rings. The van der Waals surface area contributed by atoms with Crippen molar-refractivity contribution in [3.63, 3.8) is 0 Å². The lowest BCUT2D eigenvalue weighted by Gasteiger charge is -2.42. The first kappa shape index (κ1) is 23.7. The average Bonchev–Trinajstić information content (AvgIpc) is 3.53. The van der Waals surface area contributed by atoms with Crippen LogP contribution in [0.3, 0.4) is 0 Å². The average molecular weight is 484 g/mol. The van der Waals surface area contributed by atoms with Gasteiger partial charge in [-0.3, -0.25) is 0 Å². The van der Waals surface area contributed by atoms with Crippen molar-refractivity contribution in [1.82, 2.24) is 24.8 Å². The van der Waals surface area contributed by atoms with Crippen molar-refractivity contribution in [2.45, 2.75) is 64.8 Å². The van der Waals surface area contributed by atoms with Crippen molar-refractivity contribution >= 4 is 21.9 Å². The highest BCUT2D eigenvalue weighted by Crippen LogP contribution is 2.37. The zero-order chi connectivity index (χ0) is 24.6. The van der Waals surface area contributed by atoms with E-state index in [-0.39, 0.29) is 0 Å². The number of benzene rings is 1. The number of pyridine rings is 1. The van der Waals surface area contributed by atoms with Crippen LogP contribution in [0.4, 0.5) is 0 Å². The highest BCUT2D eigenvalue weighted by Gasteiger charge is 2.29. The number of hydrogen-bond acceptors (Lipinski definition) is 3. The Balaban J connectivity index is 1.18. The molecule has 0 radical (unpaired) electrons. The highest BCUT2D eigenvalue weighted by atomic mass is 15.2. The fourth-order valence-corrected chi connectivity index (χ4v) is 6.88. The van der Waals surface area contributed by atoms with Crippen LogP contribution in [0.2, 0.25) is 0 Å². The molecule has 2 aliphatic heterocycles. The number of rotatable bonds is 6. The Morgan fingerprint density at radius 1 is 0.972 bits per heavy atom. The van der Waals surface area contributed by atoms with Gasteiger partial charge in [-0.1, -0.05) is 26.8 Å². The predicted octanol–water partition coefficient (Wildman–Crippen LogP) is 6.57. The van der Waals surface area contributed by atoms with Crippen LogP contribution in [0.15, 0.2) is 42.7 Å². The van der Waals surface area contributed by atoms with Gasteiger partial charge in [0.15, 0.2) is 0 Å². The standard InChI is InChI=1S/C31H41N5/c1-4-25-28-19-23(5-6-29(28)34-30(25)26-7-13-32-31-27(26)8-14-33-31)22-9-17-36(18-10-22)24-11-15-35(16-12-24)20-21(2)3/h5-8,13-14,19,21-22,24,34H,4,9-12,15-18,20H2,1-3H3,(H,32,33). The van der Waals surface area contributed by atoms with E-state index >= 15 is 0 Å².